The zero-order valence-corrected chi connectivity index (χ0v) is 19.3. The van der Waals surface area contributed by atoms with Gasteiger partial charge in [-0.1, -0.05) is 6.07 Å². The molecule has 0 bridgehead atoms. The monoisotopic (exact) mass is 501 g/mol. The van der Waals surface area contributed by atoms with Crippen LogP contribution in [0.1, 0.15) is 31.8 Å². The number of anilines is 1. The summed E-state index contributed by atoms with van der Waals surface area (Å²) in [4.78, 5) is 34.5. The van der Waals surface area contributed by atoms with Crippen molar-refractivity contribution in [1.29, 1.82) is 0 Å². The molecule has 0 aliphatic carbocycles. The molecule has 2 heterocycles. The van der Waals surface area contributed by atoms with Gasteiger partial charge in [0, 0.05) is 41.2 Å². The molecule has 0 saturated heterocycles. The highest BCUT2D eigenvalue weighted by atomic mass is 19.4. The van der Waals surface area contributed by atoms with Gasteiger partial charge in [0.15, 0.2) is 5.78 Å². The lowest BCUT2D eigenvalue weighted by molar-refractivity contribution is -0.137. The van der Waals surface area contributed by atoms with Crippen LogP contribution in [0.2, 0.25) is 0 Å². The lowest BCUT2D eigenvalue weighted by Crippen LogP contribution is -2.14. The van der Waals surface area contributed by atoms with E-state index in [0.717, 1.165) is 17.7 Å². The summed E-state index contributed by atoms with van der Waals surface area (Å²) in [6.07, 6.45) is 0.594. The number of amides is 1. The maximum atomic E-state index is 13.1. The molecule has 2 aromatic heterocycles. The van der Waals surface area contributed by atoms with Crippen molar-refractivity contribution in [2.75, 3.05) is 5.32 Å². The molecule has 0 radical (unpaired) electrons. The fourth-order valence-electron chi connectivity index (χ4n) is 3.76. The largest absolute Gasteiger partial charge is 0.416 e. The second-order valence-electron chi connectivity index (χ2n) is 8.30. The number of nitrogens with one attached hydrogen (secondary N) is 1. The van der Waals surface area contributed by atoms with E-state index in [0.29, 0.717) is 33.5 Å². The Bertz CT molecular complexity index is 1640. The van der Waals surface area contributed by atoms with E-state index in [1.54, 1.807) is 42.3 Å². The fourth-order valence-corrected chi connectivity index (χ4v) is 3.76. The van der Waals surface area contributed by atoms with Gasteiger partial charge in [0.25, 0.3) is 5.91 Å². The van der Waals surface area contributed by atoms with Gasteiger partial charge in [-0.25, -0.2) is 4.98 Å². The van der Waals surface area contributed by atoms with Crippen molar-refractivity contribution >= 4 is 28.4 Å². The Morgan fingerprint density at radius 1 is 0.865 bits per heavy atom. The van der Waals surface area contributed by atoms with Crippen LogP contribution in [0.15, 0.2) is 85.3 Å². The molecule has 5 aromatic rings. The Morgan fingerprint density at radius 3 is 2.32 bits per heavy atom. The number of ketones is 1. The zero-order chi connectivity index (χ0) is 26.2. The van der Waals surface area contributed by atoms with E-state index in [1.807, 2.05) is 6.20 Å². The molecule has 10 heteroatoms. The molecule has 0 aliphatic rings. The van der Waals surface area contributed by atoms with Crippen molar-refractivity contribution in [3.63, 3.8) is 0 Å². The molecule has 0 atom stereocenters. The molecule has 1 amide bonds. The lowest BCUT2D eigenvalue weighted by atomic mass is 10.0. The van der Waals surface area contributed by atoms with Crippen molar-refractivity contribution in [2.45, 2.75) is 6.18 Å². The first-order chi connectivity index (χ1) is 17.7. The highest BCUT2D eigenvalue weighted by Crippen LogP contribution is 2.29. The van der Waals surface area contributed by atoms with Crippen molar-refractivity contribution in [3.05, 3.63) is 108 Å². The van der Waals surface area contributed by atoms with Gasteiger partial charge in [-0.05, 0) is 60.7 Å². The highest BCUT2D eigenvalue weighted by Gasteiger charge is 2.30. The maximum Gasteiger partial charge on any atom is 0.416 e. The standard InChI is InChI=1S/C27H18F3N5O2/c1-35-15-19(13-32-35)24-14-31-22-10-7-17(12-23(22)34-24)25(36)16-5-8-21(9-6-16)33-26(37)18-3-2-4-20(11-18)27(28,29)30/h2-15H,1H3,(H,33,37). The topological polar surface area (TPSA) is 89.8 Å². The third-order valence-corrected chi connectivity index (χ3v) is 5.66. The normalized spacial score (nSPS) is 11.5. The summed E-state index contributed by atoms with van der Waals surface area (Å²) in [7, 11) is 1.80. The van der Waals surface area contributed by atoms with Crippen LogP contribution in [0.5, 0.6) is 0 Å². The first kappa shape index (κ1) is 23.9. The molecule has 0 saturated carbocycles. The van der Waals surface area contributed by atoms with Crippen LogP contribution in [0.3, 0.4) is 0 Å². The van der Waals surface area contributed by atoms with Crippen LogP contribution in [0, 0.1) is 0 Å². The van der Waals surface area contributed by atoms with E-state index in [-0.39, 0.29) is 11.3 Å². The average Bonchev–Trinajstić information content (AvgIpc) is 3.34. The first-order valence-corrected chi connectivity index (χ1v) is 11.1. The van der Waals surface area contributed by atoms with Gasteiger partial charge in [0.05, 0.1) is 34.7 Å². The Hall–Kier alpha value is -4.86. The number of aryl methyl sites for hydroxylation is 1. The first-order valence-electron chi connectivity index (χ1n) is 11.1. The summed E-state index contributed by atoms with van der Waals surface area (Å²) >= 11 is 0. The minimum atomic E-state index is -4.55. The van der Waals surface area contributed by atoms with Crippen LogP contribution in [0.25, 0.3) is 22.3 Å². The Balaban J connectivity index is 1.33. The third kappa shape index (κ3) is 5.08. The Labute approximate surface area is 208 Å². The predicted octanol–water partition coefficient (Wildman–Crippen LogP) is 5.53. The molecule has 1 N–H and O–H groups in total. The Morgan fingerprint density at radius 2 is 1.62 bits per heavy atom. The van der Waals surface area contributed by atoms with Crippen LogP contribution < -0.4 is 5.32 Å². The van der Waals surface area contributed by atoms with Crippen molar-refractivity contribution in [2.24, 2.45) is 7.05 Å². The minimum Gasteiger partial charge on any atom is -0.322 e. The average molecular weight is 501 g/mol. The summed E-state index contributed by atoms with van der Waals surface area (Å²) in [6, 6.07) is 15.3. The molecule has 5 rings (SSSR count). The van der Waals surface area contributed by atoms with Crippen molar-refractivity contribution in [1.82, 2.24) is 19.7 Å². The second kappa shape index (κ2) is 9.30. The van der Waals surface area contributed by atoms with E-state index in [4.69, 9.17) is 0 Å². The lowest BCUT2D eigenvalue weighted by Gasteiger charge is -2.10. The zero-order valence-electron chi connectivity index (χ0n) is 19.3. The van der Waals surface area contributed by atoms with Gasteiger partial charge in [-0.2, -0.15) is 18.3 Å². The number of aromatic nitrogens is 4. The summed E-state index contributed by atoms with van der Waals surface area (Å²) in [5.74, 6) is -0.950. The van der Waals surface area contributed by atoms with Crippen LogP contribution in [-0.2, 0) is 13.2 Å². The van der Waals surface area contributed by atoms with Crippen LogP contribution >= 0.6 is 0 Å². The SMILES string of the molecule is Cn1cc(-c2cnc3ccc(C(=O)c4ccc(NC(=O)c5cccc(C(F)(F)F)c5)cc4)cc3n2)cn1. The van der Waals surface area contributed by atoms with E-state index in [2.05, 4.69) is 20.4 Å². The summed E-state index contributed by atoms with van der Waals surface area (Å²) in [5.41, 5.74) is 2.70. The molecule has 7 nitrogen and oxygen atoms in total. The molecule has 0 fully saturated rings. The van der Waals surface area contributed by atoms with Crippen LogP contribution in [-0.4, -0.2) is 31.4 Å². The second-order valence-corrected chi connectivity index (χ2v) is 8.30. The predicted molar refractivity (Wildman–Crippen MR) is 131 cm³/mol. The van der Waals surface area contributed by atoms with E-state index < -0.39 is 17.6 Å². The highest BCUT2D eigenvalue weighted by molar-refractivity contribution is 6.11. The quantitative estimate of drug-likeness (QED) is 0.320. The van der Waals surface area contributed by atoms with Crippen molar-refractivity contribution in [3.8, 4) is 11.3 Å². The van der Waals surface area contributed by atoms with Gasteiger partial charge in [0.1, 0.15) is 0 Å². The number of halogens is 3. The van der Waals surface area contributed by atoms with Gasteiger partial charge in [-0.15, -0.1) is 0 Å². The molecule has 0 unspecified atom stereocenters. The fraction of sp³-hybridized carbons (Fsp3) is 0.0741. The van der Waals surface area contributed by atoms with E-state index in [1.165, 1.54) is 36.4 Å². The molecule has 3 aromatic carbocycles. The van der Waals surface area contributed by atoms with Gasteiger partial charge in [0.2, 0.25) is 0 Å². The smallest absolute Gasteiger partial charge is 0.322 e. The summed E-state index contributed by atoms with van der Waals surface area (Å²) in [5, 5.41) is 6.69. The number of alkyl halides is 3. The number of rotatable bonds is 5. The third-order valence-electron chi connectivity index (χ3n) is 5.66. The molecule has 0 aliphatic heterocycles. The van der Waals surface area contributed by atoms with Crippen molar-refractivity contribution < 1.29 is 22.8 Å². The number of nitrogens with zero attached hydrogens (tertiary/aromatic N) is 4. The van der Waals surface area contributed by atoms with Gasteiger partial charge in [-0.3, -0.25) is 19.3 Å². The molecule has 37 heavy (non-hydrogen) atoms. The van der Waals surface area contributed by atoms with E-state index in [9.17, 15) is 22.8 Å². The minimum absolute atomic E-state index is 0.127. The molecular formula is C27H18F3N5O2. The number of carbonyl (C=O) groups is 2. The number of carbonyl (C=O) groups excluding carboxylic acids is 2. The summed E-state index contributed by atoms with van der Waals surface area (Å²) < 4.78 is 40.4. The molecule has 0 spiro atoms. The molecule has 184 valence electrons. The van der Waals surface area contributed by atoms with Crippen LogP contribution in [0.4, 0.5) is 18.9 Å². The number of fused-ring (bicyclic) bond motifs is 1. The van der Waals surface area contributed by atoms with E-state index >= 15 is 0 Å². The molecular weight excluding hydrogens is 483 g/mol. The Kier molecular flexibility index (Phi) is 6.00. The number of hydrogen-bond acceptors (Lipinski definition) is 5. The number of benzene rings is 3. The number of hydrogen-bond donors (Lipinski definition) is 1. The van der Waals surface area contributed by atoms with Gasteiger partial charge >= 0.3 is 6.18 Å². The van der Waals surface area contributed by atoms with Gasteiger partial charge < -0.3 is 5.32 Å². The maximum absolute atomic E-state index is 13.1. The summed E-state index contributed by atoms with van der Waals surface area (Å²) in [6.45, 7) is 0.